The highest BCUT2D eigenvalue weighted by molar-refractivity contribution is 5.93. The second kappa shape index (κ2) is 5.66. The number of aryl methyl sites for hydroxylation is 1. The fourth-order valence-corrected chi connectivity index (χ4v) is 2.18. The molecule has 5 nitrogen and oxygen atoms in total. The first-order valence-electron chi connectivity index (χ1n) is 6.78. The van der Waals surface area contributed by atoms with Crippen molar-refractivity contribution in [2.75, 3.05) is 11.1 Å². The first kappa shape index (κ1) is 13.2. The van der Waals surface area contributed by atoms with E-state index in [1.54, 1.807) is 6.20 Å². The van der Waals surface area contributed by atoms with Crippen molar-refractivity contribution in [2.24, 2.45) is 0 Å². The van der Waals surface area contributed by atoms with Crippen LogP contribution in [0.5, 0.6) is 0 Å². The summed E-state index contributed by atoms with van der Waals surface area (Å²) in [7, 11) is 0. The summed E-state index contributed by atoms with van der Waals surface area (Å²) in [4.78, 5) is 12.0. The Bertz CT molecular complexity index is 761. The van der Waals surface area contributed by atoms with Crippen LogP contribution in [0.2, 0.25) is 0 Å². The number of nitrogens with zero attached hydrogens (tertiary/aromatic N) is 1. The number of nitrogens with two attached hydrogens (primary N) is 1. The Kier molecular flexibility index (Phi) is 3.55. The number of nitrogens with one attached hydrogen (secondary N) is 2. The summed E-state index contributed by atoms with van der Waals surface area (Å²) in [6.07, 6.45) is 2.88. The summed E-state index contributed by atoms with van der Waals surface area (Å²) in [5.74, 6) is -0.00862. The Labute approximate surface area is 122 Å². The van der Waals surface area contributed by atoms with Gasteiger partial charge in [-0.2, -0.15) is 5.10 Å². The number of amides is 1. The summed E-state index contributed by atoms with van der Waals surface area (Å²) in [5, 5.41) is 10.8. The van der Waals surface area contributed by atoms with E-state index in [0.717, 1.165) is 27.8 Å². The van der Waals surface area contributed by atoms with Gasteiger partial charge in [0.15, 0.2) is 0 Å². The number of carbonyl (C=O) groups is 1. The fraction of sp³-hybridized carbons (Fsp3) is 0.125. The first-order valence-corrected chi connectivity index (χ1v) is 6.78. The Morgan fingerprint density at radius 3 is 2.81 bits per heavy atom. The van der Waals surface area contributed by atoms with Crippen molar-refractivity contribution in [1.82, 2.24) is 10.2 Å². The van der Waals surface area contributed by atoms with Crippen LogP contribution in [0.4, 0.5) is 11.4 Å². The van der Waals surface area contributed by atoms with E-state index in [-0.39, 0.29) is 5.91 Å². The van der Waals surface area contributed by atoms with Gasteiger partial charge in [0.05, 0.1) is 11.7 Å². The second-order valence-corrected chi connectivity index (χ2v) is 4.96. The molecule has 0 saturated heterocycles. The molecule has 3 rings (SSSR count). The Hall–Kier alpha value is -2.82. The molecule has 4 N–H and O–H groups in total. The van der Waals surface area contributed by atoms with Gasteiger partial charge in [-0.15, -0.1) is 0 Å². The molecule has 106 valence electrons. The van der Waals surface area contributed by atoms with Crippen LogP contribution in [0.3, 0.4) is 0 Å². The number of hydrogen-bond donors (Lipinski definition) is 3. The van der Waals surface area contributed by atoms with Crippen molar-refractivity contribution >= 4 is 28.2 Å². The molecule has 0 radical (unpaired) electrons. The maximum Gasteiger partial charge on any atom is 0.224 e. The Balaban J connectivity index is 1.59. The van der Waals surface area contributed by atoms with Crippen LogP contribution >= 0.6 is 0 Å². The van der Waals surface area contributed by atoms with E-state index in [0.29, 0.717) is 12.8 Å². The van der Waals surface area contributed by atoms with E-state index in [1.807, 2.05) is 42.5 Å². The minimum absolute atomic E-state index is 0.00862. The Morgan fingerprint density at radius 2 is 2.00 bits per heavy atom. The zero-order valence-corrected chi connectivity index (χ0v) is 11.5. The summed E-state index contributed by atoms with van der Waals surface area (Å²) in [5.41, 5.74) is 9.15. The summed E-state index contributed by atoms with van der Waals surface area (Å²) >= 11 is 0. The molecule has 0 fully saturated rings. The molecule has 0 spiro atoms. The SMILES string of the molecule is Nc1ccc(CCC(=O)Nc2ccc3cn[nH]c3c2)cc1. The topological polar surface area (TPSA) is 83.8 Å². The van der Waals surface area contributed by atoms with Crippen molar-refractivity contribution in [3.05, 3.63) is 54.2 Å². The molecule has 5 heteroatoms. The van der Waals surface area contributed by atoms with Gasteiger partial charge in [0.1, 0.15) is 0 Å². The van der Waals surface area contributed by atoms with Gasteiger partial charge in [0.25, 0.3) is 0 Å². The van der Waals surface area contributed by atoms with Crippen molar-refractivity contribution in [3.8, 4) is 0 Å². The highest BCUT2D eigenvalue weighted by Crippen LogP contribution is 2.17. The van der Waals surface area contributed by atoms with Gasteiger partial charge in [-0.1, -0.05) is 12.1 Å². The fourth-order valence-electron chi connectivity index (χ4n) is 2.18. The van der Waals surface area contributed by atoms with E-state index < -0.39 is 0 Å². The van der Waals surface area contributed by atoms with E-state index in [9.17, 15) is 4.79 Å². The molecule has 21 heavy (non-hydrogen) atoms. The maximum absolute atomic E-state index is 12.0. The number of aromatic amines is 1. The molecule has 0 atom stereocenters. The Morgan fingerprint density at radius 1 is 1.19 bits per heavy atom. The van der Waals surface area contributed by atoms with Gasteiger partial charge in [0.2, 0.25) is 5.91 Å². The molecule has 1 heterocycles. The lowest BCUT2D eigenvalue weighted by atomic mass is 10.1. The average molecular weight is 280 g/mol. The van der Waals surface area contributed by atoms with Crippen molar-refractivity contribution in [1.29, 1.82) is 0 Å². The monoisotopic (exact) mass is 280 g/mol. The number of nitrogen functional groups attached to an aromatic ring is 1. The lowest BCUT2D eigenvalue weighted by molar-refractivity contribution is -0.116. The largest absolute Gasteiger partial charge is 0.399 e. The molecule has 0 aliphatic carbocycles. The van der Waals surface area contributed by atoms with Crippen LogP contribution in [0.25, 0.3) is 10.9 Å². The summed E-state index contributed by atoms with van der Waals surface area (Å²) in [6.45, 7) is 0. The van der Waals surface area contributed by atoms with Crippen LogP contribution in [0.1, 0.15) is 12.0 Å². The van der Waals surface area contributed by atoms with Gasteiger partial charge < -0.3 is 11.1 Å². The number of fused-ring (bicyclic) bond motifs is 1. The quantitative estimate of drug-likeness (QED) is 0.642. The number of anilines is 2. The lowest BCUT2D eigenvalue weighted by Crippen LogP contribution is -2.12. The number of benzene rings is 2. The zero-order chi connectivity index (χ0) is 14.7. The number of rotatable bonds is 4. The molecule has 1 aromatic heterocycles. The summed E-state index contributed by atoms with van der Waals surface area (Å²) in [6, 6.07) is 13.3. The maximum atomic E-state index is 12.0. The molecule has 1 amide bonds. The standard InChI is InChI=1S/C16H16N4O/c17-13-5-1-11(2-6-13)3-8-16(21)19-14-7-4-12-10-18-20-15(12)9-14/h1-2,4-7,9-10H,3,8,17H2,(H,18,20)(H,19,21). The van der Waals surface area contributed by atoms with Crippen LogP contribution in [0, 0.1) is 0 Å². The normalized spacial score (nSPS) is 10.7. The van der Waals surface area contributed by atoms with Crippen molar-refractivity contribution < 1.29 is 4.79 Å². The highest BCUT2D eigenvalue weighted by Gasteiger charge is 2.04. The van der Waals surface area contributed by atoms with E-state index in [2.05, 4.69) is 15.5 Å². The van der Waals surface area contributed by atoms with Crippen LogP contribution in [-0.4, -0.2) is 16.1 Å². The second-order valence-electron chi connectivity index (χ2n) is 4.96. The van der Waals surface area contributed by atoms with Crippen molar-refractivity contribution in [2.45, 2.75) is 12.8 Å². The van der Waals surface area contributed by atoms with Gasteiger partial charge in [0, 0.05) is 23.2 Å². The van der Waals surface area contributed by atoms with E-state index in [1.165, 1.54) is 0 Å². The molecule has 3 aromatic rings. The van der Waals surface area contributed by atoms with Crippen molar-refractivity contribution in [3.63, 3.8) is 0 Å². The number of aromatic nitrogens is 2. The van der Waals surface area contributed by atoms with Gasteiger partial charge in [-0.05, 0) is 42.3 Å². The van der Waals surface area contributed by atoms with Crippen LogP contribution < -0.4 is 11.1 Å². The molecule has 0 unspecified atom stereocenters. The van der Waals surface area contributed by atoms with Gasteiger partial charge in [-0.3, -0.25) is 9.89 Å². The molecule has 0 aliphatic rings. The molecule has 2 aromatic carbocycles. The average Bonchev–Trinajstić information content (AvgIpc) is 2.94. The van der Waals surface area contributed by atoms with Crippen LogP contribution in [-0.2, 0) is 11.2 Å². The van der Waals surface area contributed by atoms with Gasteiger partial charge >= 0.3 is 0 Å². The molecule has 0 bridgehead atoms. The third-order valence-corrected chi connectivity index (χ3v) is 3.35. The van der Waals surface area contributed by atoms with E-state index in [4.69, 9.17) is 5.73 Å². The van der Waals surface area contributed by atoms with Crippen LogP contribution in [0.15, 0.2) is 48.7 Å². The number of hydrogen-bond acceptors (Lipinski definition) is 3. The highest BCUT2D eigenvalue weighted by atomic mass is 16.1. The third kappa shape index (κ3) is 3.20. The smallest absolute Gasteiger partial charge is 0.224 e. The van der Waals surface area contributed by atoms with Gasteiger partial charge in [-0.25, -0.2) is 0 Å². The minimum Gasteiger partial charge on any atom is -0.399 e. The molecule has 0 aliphatic heterocycles. The predicted octanol–water partition coefficient (Wildman–Crippen LogP) is 2.72. The molecule has 0 saturated carbocycles. The number of H-pyrrole nitrogens is 1. The molecular weight excluding hydrogens is 264 g/mol. The third-order valence-electron chi connectivity index (χ3n) is 3.35. The summed E-state index contributed by atoms with van der Waals surface area (Å²) < 4.78 is 0. The zero-order valence-electron chi connectivity index (χ0n) is 11.5. The minimum atomic E-state index is -0.00862. The molecular formula is C16H16N4O. The lowest BCUT2D eigenvalue weighted by Gasteiger charge is -2.06. The van der Waals surface area contributed by atoms with E-state index >= 15 is 0 Å². The number of carbonyl (C=O) groups excluding carboxylic acids is 1. The first-order chi connectivity index (χ1) is 10.2. The predicted molar refractivity (Wildman–Crippen MR) is 83.9 cm³/mol.